The summed E-state index contributed by atoms with van der Waals surface area (Å²) in [7, 11) is 2.99. The van der Waals surface area contributed by atoms with Crippen LogP contribution in [-0.4, -0.2) is 32.8 Å². The smallest absolute Gasteiger partial charge is 0.306 e. The first kappa shape index (κ1) is 14.7. The van der Waals surface area contributed by atoms with Gasteiger partial charge < -0.3 is 15.2 Å². The van der Waals surface area contributed by atoms with Crippen molar-refractivity contribution in [3.05, 3.63) is 35.9 Å². The standard InChI is InChI=1S/C14H21NO3/c1-11(15)14(10-17-2,9-13(16)18-3)12-7-5-4-6-8-12/h4-8,11H,9-10,15H2,1-3H3. The summed E-state index contributed by atoms with van der Waals surface area (Å²) in [5, 5.41) is 0. The number of ether oxygens (including phenoxy) is 2. The third-order valence-electron chi connectivity index (χ3n) is 3.31. The van der Waals surface area contributed by atoms with E-state index in [1.807, 2.05) is 37.3 Å². The van der Waals surface area contributed by atoms with Crippen LogP contribution in [0.25, 0.3) is 0 Å². The van der Waals surface area contributed by atoms with Crippen LogP contribution < -0.4 is 5.73 Å². The van der Waals surface area contributed by atoms with E-state index in [4.69, 9.17) is 15.2 Å². The normalized spacial score (nSPS) is 15.8. The molecular weight excluding hydrogens is 230 g/mol. The number of methoxy groups -OCH3 is 2. The summed E-state index contributed by atoms with van der Waals surface area (Å²) in [5.74, 6) is -0.284. The summed E-state index contributed by atoms with van der Waals surface area (Å²) in [6.07, 6.45) is 0.207. The Balaban J connectivity index is 3.17. The number of carbonyl (C=O) groups excluding carboxylic acids is 1. The third-order valence-corrected chi connectivity index (χ3v) is 3.31. The third kappa shape index (κ3) is 3.09. The summed E-state index contributed by atoms with van der Waals surface area (Å²) in [5.41, 5.74) is 6.55. The van der Waals surface area contributed by atoms with E-state index in [2.05, 4.69) is 0 Å². The Morgan fingerprint density at radius 2 is 1.94 bits per heavy atom. The lowest BCUT2D eigenvalue weighted by Crippen LogP contribution is -2.48. The van der Waals surface area contributed by atoms with Gasteiger partial charge in [0.2, 0.25) is 0 Å². The number of nitrogens with two attached hydrogens (primary N) is 1. The van der Waals surface area contributed by atoms with Crippen molar-refractivity contribution >= 4 is 5.97 Å². The maximum Gasteiger partial charge on any atom is 0.306 e. The van der Waals surface area contributed by atoms with Crippen molar-refractivity contribution in [3.8, 4) is 0 Å². The molecule has 1 aromatic carbocycles. The topological polar surface area (TPSA) is 61.5 Å². The molecule has 0 spiro atoms. The lowest BCUT2D eigenvalue weighted by atomic mass is 9.73. The molecule has 18 heavy (non-hydrogen) atoms. The zero-order valence-electron chi connectivity index (χ0n) is 11.2. The molecule has 0 saturated carbocycles. The summed E-state index contributed by atoms with van der Waals surface area (Å²) in [4.78, 5) is 11.6. The summed E-state index contributed by atoms with van der Waals surface area (Å²) in [6, 6.07) is 9.49. The second-order valence-electron chi connectivity index (χ2n) is 4.50. The van der Waals surface area contributed by atoms with Crippen LogP contribution in [-0.2, 0) is 19.7 Å². The van der Waals surface area contributed by atoms with Gasteiger partial charge in [-0.15, -0.1) is 0 Å². The molecule has 0 aliphatic carbocycles. The molecule has 0 amide bonds. The van der Waals surface area contributed by atoms with Crippen LogP contribution in [0.1, 0.15) is 18.9 Å². The first-order valence-electron chi connectivity index (χ1n) is 5.93. The molecule has 0 aliphatic rings. The fourth-order valence-electron chi connectivity index (χ4n) is 2.15. The monoisotopic (exact) mass is 251 g/mol. The van der Waals surface area contributed by atoms with Gasteiger partial charge in [0.25, 0.3) is 0 Å². The summed E-state index contributed by atoms with van der Waals surface area (Å²) >= 11 is 0. The molecule has 0 aliphatic heterocycles. The molecule has 2 atom stereocenters. The number of carbonyl (C=O) groups is 1. The predicted molar refractivity (Wildman–Crippen MR) is 70.3 cm³/mol. The number of hydrogen-bond acceptors (Lipinski definition) is 4. The second-order valence-corrected chi connectivity index (χ2v) is 4.50. The fourth-order valence-corrected chi connectivity index (χ4v) is 2.15. The Morgan fingerprint density at radius 1 is 1.33 bits per heavy atom. The average Bonchev–Trinajstić information content (AvgIpc) is 2.38. The maximum atomic E-state index is 11.6. The molecule has 0 aromatic heterocycles. The summed E-state index contributed by atoms with van der Waals surface area (Å²) < 4.78 is 10.1. The van der Waals surface area contributed by atoms with Gasteiger partial charge >= 0.3 is 5.97 Å². The van der Waals surface area contributed by atoms with Gasteiger partial charge in [-0.3, -0.25) is 4.79 Å². The minimum atomic E-state index is -0.552. The molecule has 100 valence electrons. The quantitative estimate of drug-likeness (QED) is 0.778. The molecule has 0 bridgehead atoms. The molecule has 1 aromatic rings. The largest absolute Gasteiger partial charge is 0.469 e. The van der Waals surface area contributed by atoms with Crippen molar-refractivity contribution in [1.29, 1.82) is 0 Å². The van der Waals surface area contributed by atoms with Crippen LogP contribution in [0.3, 0.4) is 0 Å². The first-order chi connectivity index (χ1) is 8.56. The molecule has 1 rings (SSSR count). The highest BCUT2D eigenvalue weighted by Gasteiger charge is 2.39. The number of benzene rings is 1. The lowest BCUT2D eigenvalue weighted by molar-refractivity contribution is -0.143. The Labute approximate surface area is 108 Å². The van der Waals surface area contributed by atoms with Crippen LogP contribution in [0.4, 0.5) is 0 Å². The molecule has 0 fully saturated rings. The molecule has 2 N–H and O–H groups in total. The Bertz CT molecular complexity index is 378. The Hall–Kier alpha value is -1.39. The average molecular weight is 251 g/mol. The lowest BCUT2D eigenvalue weighted by Gasteiger charge is -2.36. The minimum absolute atomic E-state index is 0.207. The Kier molecular flexibility index (Phi) is 5.31. The van der Waals surface area contributed by atoms with Crippen molar-refractivity contribution < 1.29 is 14.3 Å². The minimum Gasteiger partial charge on any atom is -0.469 e. The molecule has 0 radical (unpaired) electrons. The van der Waals surface area contributed by atoms with Crippen LogP contribution in [0.2, 0.25) is 0 Å². The maximum absolute atomic E-state index is 11.6. The van der Waals surface area contributed by atoms with E-state index >= 15 is 0 Å². The molecule has 4 heteroatoms. The van der Waals surface area contributed by atoms with E-state index in [1.54, 1.807) is 7.11 Å². The fraction of sp³-hybridized carbons (Fsp3) is 0.500. The van der Waals surface area contributed by atoms with Gasteiger partial charge in [-0.05, 0) is 12.5 Å². The van der Waals surface area contributed by atoms with Crippen molar-refractivity contribution in [1.82, 2.24) is 0 Å². The first-order valence-corrected chi connectivity index (χ1v) is 5.93. The molecule has 2 unspecified atom stereocenters. The van der Waals surface area contributed by atoms with Gasteiger partial charge in [0.1, 0.15) is 0 Å². The van der Waals surface area contributed by atoms with E-state index in [-0.39, 0.29) is 18.4 Å². The van der Waals surface area contributed by atoms with Crippen LogP contribution in [0.5, 0.6) is 0 Å². The van der Waals surface area contributed by atoms with Crippen LogP contribution >= 0.6 is 0 Å². The molecule has 0 heterocycles. The highest BCUT2D eigenvalue weighted by Crippen LogP contribution is 2.31. The highest BCUT2D eigenvalue weighted by molar-refractivity contribution is 5.71. The van der Waals surface area contributed by atoms with Gasteiger partial charge in [-0.1, -0.05) is 30.3 Å². The number of esters is 1. The highest BCUT2D eigenvalue weighted by atomic mass is 16.5. The number of rotatable bonds is 6. The zero-order valence-corrected chi connectivity index (χ0v) is 11.2. The van der Waals surface area contributed by atoms with Crippen molar-refractivity contribution in [2.24, 2.45) is 5.73 Å². The summed E-state index contributed by atoms with van der Waals surface area (Å²) in [6.45, 7) is 2.26. The van der Waals surface area contributed by atoms with Crippen molar-refractivity contribution in [2.75, 3.05) is 20.8 Å². The van der Waals surface area contributed by atoms with Crippen LogP contribution in [0, 0.1) is 0 Å². The van der Waals surface area contributed by atoms with E-state index < -0.39 is 5.41 Å². The van der Waals surface area contributed by atoms with Crippen molar-refractivity contribution in [2.45, 2.75) is 24.8 Å². The number of hydrogen-bond donors (Lipinski definition) is 1. The SMILES string of the molecule is COCC(CC(=O)OC)(c1ccccc1)C(C)N. The van der Waals surface area contributed by atoms with Gasteiger partial charge in [0.15, 0.2) is 0 Å². The van der Waals surface area contributed by atoms with E-state index in [0.29, 0.717) is 6.61 Å². The Morgan fingerprint density at radius 3 is 2.39 bits per heavy atom. The van der Waals surface area contributed by atoms with Crippen LogP contribution in [0.15, 0.2) is 30.3 Å². The predicted octanol–water partition coefficient (Wildman–Crippen LogP) is 1.48. The molecular formula is C14H21NO3. The molecule has 0 saturated heterocycles. The van der Waals surface area contributed by atoms with Gasteiger partial charge in [-0.25, -0.2) is 0 Å². The van der Waals surface area contributed by atoms with E-state index in [0.717, 1.165) is 5.56 Å². The van der Waals surface area contributed by atoms with Gasteiger partial charge in [0, 0.05) is 18.6 Å². The molecule has 4 nitrogen and oxygen atoms in total. The van der Waals surface area contributed by atoms with Gasteiger partial charge in [-0.2, -0.15) is 0 Å². The van der Waals surface area contributed by atoms with E-state index in [1.165, 1.54) is 7.11 Å². The van der Waals surface area contributed by atoms with Crippen molar-refractivity contribution in [3.63, 3.8) is 0 Å². The second kappa shape index (κ2) is 6.52. The van der Waals surface area contributed by atoms with E-state index in [9.17, 15) is 4.79 Å². The van der Waals surface area contributed by atoms with Gasteiger partial charge in [0.05, 0.1) is 20.1 Å². The zero-order chi connectivity index (χ0) is 13.6.